The predicted octanol–water partition coefficient (Wildman–Crippen LogP) is 2.66. The highest BCUT2D eigenvalue weighted by molar-refractivity contribution is 5.70. The summed E-state index contributed by atoms with van der Waals surface area (Å²) in [6, 6.07) is 6.77. The van der Waals surface area contributed by atoms with E-state index in [4.69, 9.17) is 10.5 Å². The Labute approximate surface area is 103 Å². The third kappa shape index (κ3) is 2.33. The predicted molar refractivity (Wildman–Crippen MR) is 70.5 cm³/mol. The van der Waals surface area contributed by atoms with E-state index in [1.165, 1.54) is 37.9 Å². The van der Waals surface area contributed by atoms with Crippen molar-refractivity contribution in [3.05, 3.63) is 18.2 Å². The number of ether oxygens (including phenoxy) is 1. The van der Waals surface area contributed by atoms with Gasteiger partial charge in [-0.25, -0.2) is 0 Å². The Morgan fingerprint density at radius 3 is 2.59 bits per heavy atom. The molecular formula is C14H20N2O. The van der Waals surface area contributed by atoms with Crippen molar-refractivity contribution < 1.29 is 4.74 Å². The van der Waals surface area contributed by atoms with Crippen LogP contribution in [-0.2, 0) is 0 Å². The zero-order valence-electron chi connectivity index (χ0n) is 10.4. The fraction of sp³-hybridized carbons (Fsp3) is 0.571. The summed E-state index contributed by atoms with van der Waals surface area (Å²) in [5, 5.41) is 0. The molecule has 3 nitrogen and oxygen atoms in total. The van der Waals surface area contributed by atoms with E-state index in [-0.39, 0.29) is 0 Å². The number of nitrogen functional groups attached to an aromatic ring is 1. The summed E-state index contributed by atoms with van der Waals surface area (Å²) in [4.78, 5) is 2.51. The van der Waals surface area contributed by atoms with Crippen molar-refractivity contribution in [3.8, 4) is 5.75 Å². The first-order valence-corrected chi connectivity index (χ1v) is 6.48. The van der Waals surface area contributed by atoms with Gasteiger partial charge in [0.25, 0.3) is 0 Å². The minimum Gasteiger partial charge on any atom is -0.497 e. The standard InChI is InChI=1S/C14H20N2O/c1-17-12-6-7-14(13(15)8-12)16(11-4-5-11)9-10-2-3-10/h6-8,10-11H,2-5,9,15H2,1H3. The Morgan fingerprint density at radius 2 is 2.06 bits per heavy atom. The third-order valence-electron chi connectivity index (χ3n) is 3.68. The van der Waals surface area contributed by atoms with Gasteiger partial charge < -0.3 is 15.4 Å². The van der Waals surface area contributed by atoms with Crippen molar-refractivity contribution in [3.63, 3.8) is 0 Å². The summed E-state index contributed by atoms with van der Waals surface area (Å²) < 4.78 is 5.20. The van der Waals surface area contributed by atoms with Crippen molar-refractivity contribution in [1.29, 1.82) is 0 Å². The second-order valence-electron chi connectivity index (χ2n) is 5.25. The summed E-state index contributed by atoms with van der Waals surface area (Å²) in [7, 11) is 1.68. The molecule has 17 heavy (non-hydrogen) atoms. The minimum absolute atomic E-state index is 0.728. The van der Waals surface area contributed by atoms with Gasteiger partial charge in [0.15, 0.2) is 0 Å². The molecule has 3 rings (SSSR count). The second kappa shape index (κ2) is 4.13. The lowest BCUT2D eigenvalue weighted by molar-refractivity contribution is 0.415. The van der Waals surface area contributed by atoms with E-state index in [2.05, 4.69) is 11.0 Å². The maximum Gasteiger partial charge on any atom is 0.121 e. The van der Waals surface area contributed by atoms with E-state index in [1.54, 1.807) is 7.11 Å². The molecule has 0 heterocycles. The van der Waals surface area contributed by atoms with Gasteiger partial charge in [0.2, 0.25) is 0 Å². The lowest BCUT2D eigenvalue weighted by Gasteiger charge is -2.26. The molecule has 2 fully saturated rings. The molecule has 92 valence electrons. The molecule has 0 radical (unpaired) electrons. The average Bonchev–Trinajstić information content (AvgIpc) is 3.18. The van der Waals surface area contributed by atoms with Gasteiger partial charge in [-0.3, -0.25) is 0 Å². The first-order chi connectivity index (χ1) is 8.28. The van der Waals surface area contributed by atoms with Crippen molar-refractivity contribution in [2.75, 3.05) is 24.3 Å². The molecule has 1 aromatic carbocycles. The number of rotatable bonds is 5. The lowest BCUT2D eigenvalue weighted by Crippen LogP contribution is -2.28. The lowest BCUT2D eigenvalue weighted by atomic mass is 10.2. The number of nitrogens with two attached hydrogens (primary N) is 1. The van der Waals surface area contributed by atoms with E-state index in [9.17, 15) is 0 Å². The van der Waals surface area contributed by atoms with E-state index >= 15 is 0 Å². The quantitative estimate of drug-likeness (QED) is 0.793. The molecule has 2 N–H and O–H groups in total. The minimum atomic E-state index is 0.728. The molecular weight excluding hydrogens is 212 g/mol. The number of hydrogen-bond acceptors (Lipinski definition) is 3. The van der Waals surface area contributed by atoms with Crippen molar-refractivity contribution >= 4 is 11.4 Å². The van der Waals surface area contributed by atoms with Gasteiger partial charge in [-0.2, -0.15) is 0 Å². The molecule has 0 bridgehead atoms. The van der Waals surface area contributed by atoms with Crippen LogP contribution in [0.1, 0.15) is 25.7 Å². The Morgan fingerprint density at radius 1 is 1.29 bits per heavy atom. The smallest absolute Gasteiger partial charge is 0.121 e. The van der Waals surface area contributed by atoms with Crippen LogP contribution in [0.25, 0.3) is 0 Å². The molecule has 2 aliphatic rings. The van der Waals surface area contributed by atoms with Crippen LogP contribution in [0.5, 0.6) is 5.75 Å². The van der Waals surface area contributed by atoms with Crippen LogP contribution in [0, 0.1) is 5.92 Å². The van der Waals surface area contributed by atoms with Gasteiger partial charge in [-0.05, 0) is 43.7 Å². The Balaban J connectivity index is 1.83. The first-order valence-electron chi connectivity index (χ1n) is 6.48. The molecule has 0 aliphatic heterocycles. The molecule has 3 heteroatoms. The van der Waals surface area contributed by atoms with E-state index in [1.807, 2.05) is 12.1 Å². The summed E-state index contributed by atoms with van der Waals surface area (Å²) in [6.07, 6.45) is 5.41. The molecule has 0 saturated heterocycles. The summed E-state index contributed by atoms with van der Waals surface area (Å²) in [5.41, 5.74) is 8.18. The summed E-state index contributed by atoms with van der Waals surface area (Å²) in [5.74, 6) is 1.74. The largest absolute Gasteiger partial charge is 0.497 e. The van der Waals surface area contributed by atoms with Crippen molar-refractivity contribution in [2.45, 2.75) is 31.7 Å². The number of nitrogens with zero attached hydrogens (tertiary/aromatic N) is 1. The summed E-state index contributed by atoms with van der Waals surface area (Å²) >= 11 is 0. The molecule has 2 saturated carbocycles. The third-order valence-corrected chi connectivity index (χ3v) is 3.68. The van der Waals surface area contributed by atoms with Gasteiger partial charge in [0, 0.05) is 18.7 Å². The number of anilines is 2. The highest BCUT2D eigenvalue weighted by Crippen LogP contribution is 2.40. The van der Waals surface area contributed by atoms with Gasteiger partial charge in [-0.15, -0.1) is 0 Å². The maximum absolute atomic E-state index is 6.14. The molecule has 2 aliphatic carbocycles. The zero-order chi connectivity index (χ0) is 11.8. The van der Waals surface area contributed by atoms with Crippen LogP contribution in [0.4, 0.5) is 11.4 Å². The monoisotopic (exact) mass is 232 g/mol. The average molecular weight is 232 g/mol. The van der Waals surface area contributed by atoms with E-state index < -0.39 is 0 Å². The number of hydrogen-bond donors (Lipinski definition) is 1. The molecule has 0 aromatic heterocycles. The highest BCUT2D eigenvalue weighted by atomic mass is 16.5. The molecule has 1 aromatic rings. The first kappa shape index (κ1) is 10.8. The molecule has 0 spiro atoms. The highest BCUT2D eigenvalue weighted by Gasteiger charge is 2.34. The Hall–Kier alpha value is -1.38. The van der Waals surface area contributed by atoms with Crippen LogP contribution in [0.15, 0.2) is 18.2 Å². The van der Waals surface area contributed by atoms with Crippen LogP contribution >= 0.6 is 0 Å². The van der Waals surface area contributed by atoms with Crippen molar-refractivity contribution in [2.24, 2.45) is 5.92 Å². The molecule has 0 amide bonds. The van der Waals surface area contributed by atoms with Crippen LogP contribution in [0.2, 0.25) is 0 Å². The fourth-order valence-corrected chi connectivity index (χ4v) is 2.33. The SMILES string of the molecule is COc1ccc(N(CC2CC2)C2CC2)c(N)c1. The van der Waals surface area contributed by atoms with Crippen molar-refractivity contribution in [1.82, 2.24) is 0 Å². The Bertz CT molecular complexity index is 411. The zero-order valence-corrected chi connectivity index (χ0v) is 10.4. The van der Waals surface area contributed by atoms with Gasteiger partial charge in [-0.1, -0.05) is 0 Å². The normalized spacial score (nSPS) is 19.1. The molecule has 0 atom stereocenters. The van der Waals surface area contributed by atoms with Gasteiger partial charge >= 0.3 is 0 Å². The van der Waals surface area contributed by atoms with Gasteiger partial charge in [0.1, 0.15) is 5.75 Å². The van der Waals surface area contributed by atoms with Crippen LogP contribution in [-0.4, -0.2) is 19.7 Å². The Kier molecular flexibility index (Phi) is 2.61. The fourth-order valence-electron chi connectivity index (χ4n) is 2.33. The van der Waals surface area contributed by atoms with E-state index in [0.29, 0.717) is 0 Å². The maximum atomic E-state index is 6.14. The van der Waals surface area contributed by atoms with Crippen LogP contribution < -0.4 is 15.4 Å². The number of methoxy groups -OCH3 is 1. The second-order valence-corrected chi connectivity index (χ2v) is 5.25. The number of benzene rings is 1. The molecule has 0 unspecified atom stereocenters. The van der Waals surface area contributed by atoms with Gasteiger partial charge in [0.05, 0.1) is 18.5 Å². The van der Waals surface area contributed by atoms with Crippen LogP contribution in [0.3, 0.4) is 0 Å². The summed E-state index contributed by atoms with van der Waals surface area (Å²) in [6.45, 7) is 1.18. The topological polar surface area (TPSA) is 38.5 Å². The van der Waals surface area contributed by atoms with E-state index in [0.717, 1.165) is 23.4 Å².